The van der Waals surface area contributed by atoms with E-state index >= 15 is 0 Å². The molecule has 1 radical (unpaired) electrons. The first-order valence-corrected chi connectivity index (χ1v) is 5.16. The Hall–Kier alpha value is -1.54. The van der Waals surface area contributed by atoms with E-state index in [2.05, 4.69) is 6.07 Å². The molecule has 0 aliphatic heterocycles. The van der Waals surface area contributed by atoms with Crippen molar-refractivity contribution in [2.45, 2.75) is 6.61 Å². The monoisotopic (exact) mass is 235 g/mol. The van der Waals surface area contributed by atoms with Crippen molar-refractivity contribution in [3.63, 3.8) is 0 Å². The van der Waals surface area contributed by atoms with Gasteiger partial charge in [-0.05, 0) is 35.9 Å². The lowest BCUT2D eigenvalue weighted by Crippen LogP contribution is -1.95. The Morgan fingerprint density at radius 1 is 1.19 bits per heavy atom. The smallest absolute Gasteiger partial charge is 0.123 e. The van der Waals surface area contributed by atoms with E-state index in [1.807, 2.05) is 0 Å². The summed E-state index contributed by atoms with van der Waals surface area (Å²) in [5, 5.41) is 0.511. The van der Waals surface area contributed by atoms with Crippen molar-refractivity contribution in [1.29, 1.82) is 0 Å². The molecule has 16 heavy (non-hydrogen) atoms. The van der Waals surface area contributed by atoms with Gasteiger partial charge >= 0.3 is 0 Å². The summed E-state index contributed by atoms with van der Waals surface area (Å²) in [4.78, 5) is 0. The van der Waals surface area contributed by atoms with Gasteiger partial charge in [0.1, 0.15) is 18.2 Å². The molecule has 2 aromatic carbocycles. The lowest BCUT2D eigenvalue weighted by Gasteiger charge is -2.06. The van der Waals surface area contributed by atoms with Gasteiger partial charge in [0.2, 0.25) is 0 Å². The Morgan fingerprint density at radius 3 is 2.62 bits per heavy atom. The fourth-order valence-electron chi connectivity index (χ4n) is 1.26. The topological polar surface area (TPSA) is 9.23 Å². The first-order valence-electron chi connectivity index (χ1n) is 4.78. The van der Waals surface area contributed by atoms with E-state index < -0.39 is 0 Å². The van der Waals surface area contributed by atoms with Gasteiger partial charge in [-0.15, -0.1) is 0 Å². The van der Waals surface area contributed by atoms with Gasteiger partial charge in [0.25, 0.3) is 0 Å². The summed E-state index contributed by atoms with van der Waals surface area (Å²) in [5.41, 5.74) is 0.908. The van der Waals surface area contributed by atoms with Crippen molar-refractivity contribution in [2.75, 3.05) is 0 Å². The number of ether oxygens (including phenoxy) is 1. The molecule has 0 fully saturated rings. The average molecular weight is 236 g/mol. The van der Waals surface area contributed by atoms with Crippen LogP contribution < -0.4 is 4.74 Å². The highest BCUT2D eigenvalue weighted by Crippen LogP contribution is 2.17. The Labute approximate surface area is 98.4 Å². The highest BCUT2D eigenvalue weighted by Gasteiger charge is 1.97. The standard InChI is InChI=1S/C13H9ClFO/c14-11-2-1-3-13(8-11)16-9-10-4-6-12(15)7-5-10/h1,3-8H,9H2. The van der Waals surface area contributed by atoms with Crippen molar-refractivity contribution in [2.24, 2.45) is 0 Å². The summed E-state index contributed by atoms with van der Waals surface area (Å²) in [5.74, 6) is 0.425. The van der Waals surface area contributed by atoms with Crippen molar-refractivity contribution in [3.8, 4) is 5.75 Å². The van der Waals surface area contributed by atoms with Crippen LogP contribution in [0.5, 0.6) is 5.75 Å². The van der Waals surface area contributed by atoms with E-state index in [0.717, 1.165) is 5.56 Å². The zero-order chi connectivity index (χ0) is 11.4. The predicted molar refractivity (Wildman–Crippen MR) is 61.0 cm³/mol. The first-order chi connectivity index (χ1) is 7.74. The van der Waals surface area contributed by atoms with Crippen LogP contribution in [0.25, 0.3) is 0 Å². The maximum absolute atomic E-state index is 12.6. The number of hydrogen-bond acceptors (Lipinski definition) is 1. The predicted octanol–water partition coefficient (Wildman–Crippen LogP) is 3.86. The lowest BCUT2D eigenvalue weighted by atomic mass is 10.2. The van der Waals surface area contributed by atoms with Gasteiger partial charge < -0.3 is 4.74 Å². The molecule has 1 nitrogen and oxygen atoms in total. The molecule has 2 aromatic rings. The third kappa shape index (κ3) is 2.97. The number of halogens is 2. The highest BCUT2D eigenvalue weighted by molar-refractivity contribution is 6.30. The molecule has 0 aromatic heterocycles. The maximum atomic E-state index is 12.6. The molecule has 2 rings (SSSR count). The Balaban J connectivity index is 1.99. The van der Waals surface area contributed by atoms with E-state index in [4.69, 9.17) is 16.3 Å². The molecule has 0 N–H and O–H groups in total. The minimum absolute atomic E-state index is 0.249. The van der Waals surface area contributed by atoms with Crippen LogP contribution in [0, 0.1) is 11.9 Å². The Kier molecular flexibility index (Phi) is 3.42. The van der Waals surface area contributed by atoms with Gasteiger partial charge in [-0.3, -0.25) is 0 Å². The number of rotatable bonds is 3. The van der Waals surface area contributed by atoms with Crippen LogP contribution in [0.2, 0.25) is 5.02 Å². The van der Waals surface area contributed by atoms with Crippen LogP contribution in [0.15, 0.2) is 42.5 Å². The van der Waals surface area contributed by atoms with Crippen LogP contribution in [0.4, 0.5) is 4.39 Å². The second-order valence-corrected chi connectivity index (χ2v) is 3.69. The van der Waals surface area contributed by atoms with E-state index in [1.54, 1.807) is 30.3 Å². The zero-order valence-electron chi connectivity index (χ0n) is 8.41. The summed E-state index contributed by atoms with van der Waals surface area (Å²) < 4.78 is 18.1. The SMILES string of the molecule is Fc1ccc(COc2cc[c]c(Cl)c2)cc1. The molecule has 0 unspecified atom stereocenters. The second kappa shape index (κ2) is 4.99. The van der Waals surface area contributed by atoms with Gasteiger partial charge in [0.15, 0.2) is 0 Å². The summed E-state index contributed by atoms with van der Waals surface area (Å²) in [6, 6.07) is 14.2. The van der Waals surface area contributed by atoms with E-state index in [0.29, 0.717) is 17.4 Å². The van der Waals surface area contributed by atoms with Gasteiger partial charge in [0, 0.05) is 6.07 Å². The third-order valence-electron chi connectivity index (χ3n) is 2.06. The van der Waals surface area contributed by atoms with Gasteiger partial charge in [0.05, 0.1) is 5.02 Å². The quantitative estimate of drug-likeness (QED) is 0.785. The molecule has 0 saturated heterocycles. The summed E-state index contributed by atoms with van der Waals surface area (Å²) in [6.45, 7) is 0.390. The molecule has 0 bridgehead atoms. The van der Waals surface area contributed by atoms with Gasteiger partial charge in [-0.2, -0.15) is 0 Å². The molecule has 0 aliphatic carbocycles. The second-order valence-electron chi connectivity index (χ2n) is 3.29. The maximum Gasteiger partial charge on any atom is 0.123 e. The number of benzene rings is 2. The molecular formula is C13H9ClFO. The van der Waals surface area contributed by atoms with Crippen LogP contribution in [-0.2, 0) is 6.61 Å². The number of hydrogen-bond donors (Lipinski definition) is 0. The first kappa shape index (κ1) is 11.0. The molecule has 0 heterocycles. The van der Waals surface area contributed by atoms with Gasteiger partial charge in [-0.25, -0.2) is 4.39 Å². The van der Waals surface area contributed by atoms with Crippen molar-refractivity contribution in [1.82, 2.24) is 0 Å². The van der Waals surface area contributed by atoms with Crippen molar-refractivity contribution < 1.29 is 9.13 Å². The summed E-state index contributed by atoms with van der Waals surface area (Å²) >= 11 is 5.76. The molecule has 0 spiro atoms. The molecular weight excluding hydrogens is 227 g/mol. The van der Waals surface area contributed by atoms with Crippen molar-refractivity contribution >= 4 is 11.6 Å². The fraction of sp³-hybridized carbons (Fsp3) is 0.0769. The molecule has 0 aliphatic rings. The minimum atomic E-state index is -0.249. The van der Waals surface area contributed by atoms with E-state index in [9.17, 15) is 4.39 Å². The minimum Gasteiger partial charge on any atom is -0.489 e. The van der Waals surface area contributed by atoms with Crippen LogP contribution in [-0.4, -0.2) is 0 Å². The van der Waals surface area contributed by atoms with Crippen LogP contribution >= 0.6 is 11.6 Å². The Morgan fingerprint density at radius 2 is 1.94 bits per heavy atom. The largest absolute Gasteiger partial charge is 0.489 e. The molecule has 0 saturated carbocycles. The average Bonchev–Trinajstić information content (AvgIpc) is 2.28. The summed E-state index contributed by atoms with van der Waals surface area (Å²) in [6.07, 6.45) is 0. The molecule has 3 heteroatoms. The lowest BCUT2D eigenvalue weighted by molar-refractivity contribution is 0.306. The van der Waals surface area contributed by atoms with E-state index in [1.165, 1.54) is 12.1 Å². The fourth-order valence-corrected chi connectivity index (χ4v) is 1.43. The Bertz CT molecular complexity index is 468. The normalized spacial score (nSPS) is 10.1. The van der Waals surface area contributed by atoms with Crippen LogP contribution in [0.3, 0.4) is 0 Å². The summed E-state index contributed by atoms with van der Waals surface area (Å²) in [7, 11) is 0. The zero-order valence-corrected chi connectivity index (χ0v) is 9.17. The highest BCUT2D eigenvalue weighted by atomic mass is 35.5. The third-order valence-corrected chi connectivity index (χ3v) is 2.27. The van der Waals surface area contributed by atoms with Crippen LogP contribution in [0.1, 0.15) is 5.56 Å². The van der Waals surface area contributed by atoms with E-state index in [-0.39, 0.29) is 5.82 Å². The van der Waals surface area contributed by atoms with Gasteiger partial charge in [-0.1, -0.05) is 23.7 Å². The molecule has 0 atom stereocenters. The molecule has 81 valence electrons. The molecule has 0 amide bonds. The van der Waals surface area contributed by atoms with Crippen molar-refractivity contribution in [3.05, 3.63) is 64.9 Å².